The normalized spacial score (nSPS) is 11.7. The van der Waals surface area contributed by atoms with Crippen molar-refractivity contribution in [2.75, 3.05) is 6.61 Å². The number of carbonyl (C=O) groups is 2. The number of carbonyl (C=O) groups excluding carboxylic acids is 2. The monoisotopic (exact) mass is 550 g/mol. The molecule has 0 aliphatic rings. The second kappa shape index (κ2) is 13.8. The average Bonchev–Trinajstić information content (AvgIpc) is 2.85. The molecule has 0 fully saturated rings. The number of amides is 2. The summed E-state index contributed by atoms with van der Waals surface area (Å²) in [4.78, 5) is 28.7. The molecule has 0 spiro atoms. The Morgan fingerprint density at radius 1 is 0.944 bits per heavy atom. The first-order valence-electron chi connectivity index (χ1n) is 12.4. The first-order chi connectivity index (χ1) is 17.3. The summed E-state index contributed by atoms with van der Waals surface area (Å²) >= 11 is 3.52. The molecule has 1 N–H and O–H groups in total. The number of nitrogens with zero attached hydrogens (tertiary/aromatic N) is 1. The van der Waals surface area contributed by atoms with Crippen molar-refractivity contribution in [2.24, 2.45) is 0 Å². The van der Waals surface area contributed by atoms with Crippen molar-refractivity contribution in [3.05, 3.63) is 100 Å². The first kappa shape index (κ1) is 27.5. The Bertz CT molecular complexity index is 1120. The predicted molar refractivity (Wildman–Crippen MR) is 148 cm³/mol. The number of halogens is 1. The molecule has 3 rings (SSSR count). The van der Waals surface area contributed by atoms with Crippen molar-refractivity contribution >= 4 is 27.7 Å². The maximum absolute atomic E-state index is 13.6. The lowest BCUT2D eigenvalue weighted by molar-refractivity contribution is -0.141. The number of nitrogens with one attached hydrogen (secondary N) is 1. The molecular weight excluding hydrogens is 516 g/mol. The molecule has 6 heteroatoms. The van der Waals surface area contributed by atoms with Gasteiger partial charge < -0.3 is 15.0 Å². The lowest BCUT2D eigenvalue weighted by Gasteiger charge is -2.32. The van der Waals surface area contributed by atoms with Gasteiger partial charge in [0.15, 0.2) is 0 Å². The highest BCUT2D eigenvalue weighted by molar-refractivity contribution is 9.10. The Morgan fingerprint density at radius 2 is 1.64 bits per heavy atom. The van der Waals surface area contributed by atoms with Crippen molar-refractivity contribution in [2.45, 2.75) is 58.7 Å². The molecule has 36 heavy (non-hydrogen) atoms. The highest BCUT2D eigenvalue weighted by Crippen LogP contribution is 2.19. The Hall–Kier alpha value is -3.12. The van der Waals surface area contributed by atoms with Crippen LogP contribution in [0.5, 0.6) is 5.75 Å². The Labute approximate surface area is 223 Å². The van der Waals surface area contributed by atoms with E-state index in [9.17, 15) is 9.59 Å². The van der Waals surface area contributed by atoms with Crippen LogP contribution in [0, 0.1) is 6.92 Å². The predicted octanol–water partition coefficient (Wildman–Crippen LogP) is 6.08. The van der Waals surface area contributed by atoms with E-state index in [4.69, 9.17) is 4.74 Å². The van der Waals surface area contributed by atoms with Crippen LogP contribution in [0.1, 0.15) is 43.4 Å². The van der Waals surface area contributed by atoms with Crippen molar-refractivity contribution in [1.29, 1.82) is 0 Å². The summed E-state index contributed by atoms with van der Waals surface area (Å²) in [5.41, 5.74) is 3.14. The molecular formula is C30H35BrN2O3. The van der Waals surface area contributed by atoms with E-state index in [1.165, 1.54) is 5.56 Å². The zero-order chi connectivity index (χ0) is 25.9. The molecule has 0 saturated heterocycles. The van der Waals surface area contributed by atoms with E-state index in [2.05, 4.69) is 21.2 Å². The summed E-state index contributed by atoms with van der Waals surface area (Å²) in [5.74, 6) is 0.577. The molecule has 0 saturated carbocycles. The van der Waals surface area contributed by atoms with Crippen LogP contribution in [-0.2, 0) is 22.6 Å². The van der Waals surface area contributed by atoms with Gasteiger partial charge in [-0.3, -0.25) is 9.59 Å². The van der Waals surface area contributed by atoms with Gasteiger partial charge in [-0.25, -0.2) is 0 Å². The molecule has 5 nitrogen and oxygen atoms in total. The van der Waals surface area contributed by atoms with Crippen molar-refractivity contribution in [1.82, 2.24) is 10.2 Å². The minimum absolute atomic E-state index is 0.0264. The maximum atomic E-state index is 13.6. The zero-order valence-corrected chi connectivity index (χ0v) is 22.8. The fraction of sp³-hybridized carbons (Fsp3) is 0.333. The van der Waals surface area contributed by atoms with Gasteiger partial charge in [-0.1, -0.05) is 76.1 Å². The van der Waals surface area contributed by atoms with Gasteiger partial charge in [0.05, 0.1) is 6.61 Å². The van der Waals surface area contributed by atoms with Gasteiger partial charge in [0, 0.05) is 29.9 Å². The van der Waals surface area contributed by atoms with Gasteiger partial charge in [0.1, 0.15) is 11.8 Å². The number of aryl methyl sites for hydroxylation is 1. The topological polar surface area (TPSA) is 58.6 Å². The SMILES string of the molecule is Cc1ccc(OCCCC(=O)N(Cc2cccc(Br)c2)C(Cc2ccccc2)C(=O)NC(C)C)cc1. The van der Waals surface area contributed by atoms with Crippen LogP contribution in [0.25, 0.3) is 0 Å². The summed E-state index contributed by atoms with van der Waals surface area (Å²) in [6, 6.07) is 24.9. The highest BCUT2D eigenvalue weighted by atomic mass is 79.9. The van der Waals surface area contributed by atoms with E-state index in [1.54, 1.807) is 4.90 Å². The summed E-state index contributed by atoms with van der Waals surface area (Å²) in [6.45, 7) is 6.67. The van der Waals surface area contributed by atoms with Crippen LogP contribution in [0.3, 0.4) is 0 Å². The lowest BCUT2D eigenvalue weighted by Crippen LogP contribution is -2.51. The van der Waals surface area contributed by atoms with E-state index < -0.39 is 6.04 Å². The van der Waals surface area contributed by atoms with E-state index in [1.807, 2.05) is 99.6 Å². The summed E-state index contributed by atoms with van der Waals surface area (Å²) in [7, 11) is 0. The van der Waals surface area contributed by atoms with Gasteiger partial charge in [0.2, 0.25) is 11.8 Å². The molecule has 2 amide bonds. The molecule has 0 radical (unpaired) electrons. The molecule has 0 heterocycles. The average molecular weight is 552 g/mol. The van der Waals surface area contributed by atoms with E-state index in [0.29, 0.717) is 32.4 Å². The number of hydrogen-bond acceptors (Lipinski definition) is 3. The first-order valence-corrected chi connectivity index (χ1v) is 13.2. The van der Waals surface area contributed by atoms with Gasteiger partial charge in [-0.15, -0.1) is 0 Å². The molecule has 3 aromatic carbocycles. The molecule has 0 aliphatic heterocycles. The van der Waals surface area contributed by atoms with Crippen molar-refractivity contribution in [3.63, 3.8) is 0 Å². The number of benzene rings is 3. The molecule has 1 unspecified atom stereocenters. The minimum atomic E-state index is -0.626. The van der Waals surface area contributed by atoms with Crippen LogP contribution in [-0.4, -0.2) is 35.4 Å². The van der Waals surface area contributed by atoms with Gasteiger partial charge >= 0.3 is 0 Å². The molecule has 1 atom stereocenters. The van der Waals surface area contributed by atoms with E-state index in [0.717, 1.165) is 21.3 Å². The van der Waals surface area contributed by atoms with Gasteiger partial charge in [-0.05, 0) is 62.6 Å². The quantitative estimate of drug-likeness (QED) is 0.278. The summed E-state index contributed by atoms with van der Waals surface area (Å²) < 4.78 is 6.76. The molecule has 0 aromatic heterocycles. The standard InChI is InChI=1S/C30H35BrN2O3/c1-22(2)32-30(35)28(20-24-9-5-4-6-10-24)33(21-25-11-7-12-26(31)19-25)29(34)13-8-18-36-27-16-14-23(3)15-17-27/h4-7,9-12,14-17,19,22,28H,8,13,18,20-21H2,1-3H3,(H,32,35). The zero-order valence-electron chi connectivity index (χ0n) is 21.2. The van der Waals surface area contributed by atoms with Crippen LogP contribution in [0.15, 0.2) is 83.3 Å². The largest absolute Gasteiger partial charge is 0.494 e. The van der Waals surface area contributed by atoms with Gasteiger partial charge in [-0.2, -0.15) is 0 Å². The smallest absolute Gasteiger partial charge is 0.243 e. The molecule has 3 aromatic rings. The second-order valence-electron chi connectivity index (χ2n) is 9.29. The second-order valence-corrected chi connectivity index (χ2v) is 10.2. The number of rotatable bonds is 12. The van der Waals surface area contributed by atoms with Crippen molar-refractivity contribution < 1.29 is 14.3 Å². The third-order valence-electron chi connectivity index (χ3n) is 5.77. The molecule has 0 aliphatic carbocycles. The van der Waals surface area contributed by atoms with Crippen molar-refractivity contribution in [3.8, 4) is 5.75 Å². The fourth-order valence-electron chi connectivity index (χ4n) is 3.96. The maximum Gasteiger partial charge on any atom is 0.243 e. The Balaban J connectivity index is 1.78. The summed E-state index contributed by atoms with van der Waals surface area (Å²) in [6.07, 6.45) is 1.30. The molecule has 0 bridgehead atoms. The third-order valence-corrected chi connectivity index (χ3v) is 6.26. The van der Waals surface area contributed by atoms with Gasteiger partial charge in [0.25, 0.3) is 0 Å². The summed E-state index contributed by atoms with van der Waals surface area (Å²) in [5, 5.41) is 3.02. The van der Waals surface area contributed by atoms with Crippen LogP contribution in [0.2, 0.25) is 0 Å². The Morgan fingerprint density at radius 3 is 2.31 bits per heavy atom. The van der Waals surface area contributed by atoms with E-state index in [-0.39, 0.29) is 17.9 Å². The van der Waals surface area contributed by atoms with Crippen LogP contribution >= 0.6 is 15.9 Å². The van der Waals surface area contributed by atoms with E-state index >= 15 is 0 Å². The number of hydrogen-bond donors (Lipinski definition) is 1. The lowest BCUT2D eigenvalue weighted by atomic mass is 10.0. The fourth-order valence-corrected chi connectivity index (χ4v) is 4.40. The highest BCUT2D eigenvalue weighted by Gasteiger charge is 2.30. The van der Waals surface area contributed by atoms with Crippen LogP contribution in [0.4, 0.5) is 0 Å². The third kappa shape index (κ3) is 8.83. The number of ether oxygens (including phenoxy) is 1. The molecule has 190 valence electrons. The minimum Gasteiger partial charge on any atom is -0.494 e. The van der Waals surface area contributed by atoms with Crippen LogP contribution < -0.4 is 10.1 Å². The Kier molecular flexibility index (Phi) is 10.6.